The molecule has 34 heavy (non-hydrogen) atoms. The number of hydrogen-bond acceptors (Lipinski definition) is 5. The number of alkyl halides is 3. The van der Waals surface area contributed by atoms with Gasteiger partial charge in [0.15, 0.2) is 0 Å². The zero-order valence-electron chi connectivity index (χ0n) is 18.4. The Kier molecular flexibility index (Phi) is 5.99. The number of fused-ring (bicyclic) bond motifs is 2. The molecule has 1 N–H and O–H groups in total. The molecule has 1 aliphatic heterocycles. The largest absolute Gasteiger partial charge is 0.486 e. The Morgan fingerprint density at radius 1 is 1.18 bits per heavy atom. The van der Waals surface area contributed by atoms with Crippen molar-refractivity contribution in [1.29, 1.82) is 0 Å². The highest BCUT2D eigenvalue weighted by Gasteiger charge is 2.38. The van der Waals surface area contributed by atoms with Crippen molar-refractivity contribution in [3.8, 4) is 5.75 Å². The standard InChI is InChI=1S/C25H24F3NO5/c26-25(27,28)21-5-3-19-18(20(21)13-29-7-9-32-10-8-29)4-6-22(19)34-16-1-2-17-15(11-24(30)31)14-33-23(17)12-16/h1-3,5,12,14,22H,4,6-11,13H2,(H,30,31). The summed E-state index contributed by atoms with van der Waals surface area (Å²) in [5.74, 6) is -0.423. The van der Waals surface area contributed by atoms with Crippen LogP contribution in [0.3, 0.4) is 0 Å². The van der Waals surface area contributed by atoms with E-state index in [0.29, 0.717) is 72.6 Å². The summed E-state index contributed by atoms with van der Waals surface area (Å²) in [4.78, 5) is 13.0. The number of halogens is 3. The second-order valence-electron chi connectivity index (χ2n) is 8.68. The molecule has 0 saturated carbocycles. The van der Waals surface area contributed by atoms with Crippen molar-refractivity contribution in [2.75, 3.05) is 26.3 Å². The zero-order chi connectivity index (χ0) is 23.9. The summed E-state index contributed by atoms with van der Waals surface area (Å²) in [5.41, 5.74) is 2.33. The van der Waals surface area contributed by atoms with Crippen molar-refractivity contribution in [1.82, 2.24) is 4.90 Å². The average Bonchev–Trinajstić information content (AvgIpc) is 3.38. The van der Waals surface area contributed by atoms with Gasteiger partial charge in [-0.2, -0.15) is 13.2 Å². The fourth-order valence-corrected chi connectivity index (χ4v) is 4.89. The summed E-state index contributed by atoms with van der Waals surface area (Å²) in [5, 5.41) is 9.73. The van der Waals surface area contributed by atoms with Gasteiger partial charge in [-0.1, -0.05) is 6.07 Å². The molecule has 3 aromatic rings. The number of rotatable bonds is 6. The molecule has 1 saturated heterocycles. The van der Waals surface area contributed by atoms with E-state index in [1.807, 2.05) is 4.90 Å². The molecule has 1 atom stereocenters. The van der Waals surface area contributed by atoms with Gasteiger partial charge < -0.3 is 19.0 Å². The zero-order valence-corrected chi connectivity index (χ0v) is 18.4. The summed E-state index contributed by atoms with van der Waals surface area (Å²) in [6.07, 6.45) is -2.43. The van der Waals surface area contributed by atoms with E-state index >= 15 is 0 Å². The number of aliphatic carboxylic acids is 1. The van der Waals surface area contributed by atoms with Crippen LogP contribution in [0.25, 0.3) is 11.0 Å². The van der Waals surface area contributed by atoms with Crippen LogP contribution in [0.2, 0.25) is 0 Å². The third-order valence-electron chi connectivity index (χ3n) is 6.51. The van der Waals surface area contributed by atoms with E-state index in [1.54, 1.807) is 18.2 Å². The molecule has 1 unspecified atom stereocenters. The van der Waals surface area contributed by atoms with Crippen LogP contribution in [0.1, 0.15) is 40.3 Å². The summed E-state index contributed by atoms with van der Waals surface area (Å²) >= 11 is 0. The minimum atomic E-state index is -4.42. The van der Waals surface area contributed by atoms with Gasteiger partial charge in [-0.3, -0.25) is 9.69 Å². The quantitative estimate of drug-likeness (QED) is 0.543. The minimum Gasteiger partial charge on any atom is -0.486 e. The fourth-order valence-electron chi connectivity index (χ4n) is 4.89. The van der Waals surface area contributed by atoms with E-state index in [-0.39, 0.29) is 19.1 Å². The van der Waals surface area contributed by atoms with Gasteiger partial charge >= 0.3 is 12.1 Å². The number of benzene rings is 2. The molecular weight excluding hydrogens is 451 g/mol. The number of hydrogen-bond donors (Lipinski definition) is 1. The van der Waals surface area contributed by atoms with Crippen molar-refractivity contribution >= 4 is 16.9 Å². The monoisotopic (exact) mass is 475 g/mol. The summed E-state index contributed by atoms with van der Waals surface area (Å²) in [7, 11) is 0. The SMILES string of the molecule is O=C(O)Cc1coc2cc(OC3CCc4c3ccc(C(F)(F)F)c4CN3CCOCC3)ccc12. The van der Waals surface area contributed by atoms with Gasteiger partial charge in [-0.05, 0) is 47.7 Å². The number of carboxylic acids is 1. The van der Waals surface area contributed by atoms with Crippen LogP contribution >= 0.6 is 0 Å². The van der Waals surface area contributed by atoms with Gasteiger partial charge in [-0.25, -0.2) is 0 Å². The molecule has 0 bridgehead atoms. The Morgan fingerprint density at radius 2 is 1.97 bits per heavy atom. The predicted octanol–water partition coefficient (Wildman–Crippen LogP) is 4.98. The second-order valence-corrected chi connectivity index (χ2v) is 8.68. The maximum atomic E-state index is 13.8. The predicted molar refractivity (Wildman–Crippen MR) is 117 cm³/mol. The maximum Gasteiger partial charge on any atom is 0.416 e. The Hall–Kier alpha value is -3.04. The number of morpholine rings is 1. The lowest BCUT2D eigenvalue weighted by Gasteiger charge is -2.29. The van der Waals surface area contributed by atoms with Gasteiger partial charge in [0.1, 0.15) is 17.4 Å². The van der Waals surface area contributed by atoms with Crippen molar-refractivity contribution in [2.45, 2.75) is 38.1 Å². The van der Waals surface area contributed by atoms with Gasteiger partial charge in [-0.15, -0.1) is 0 Å². The normalized spacial score (nSPS) is 18.9. The molecule has 0 spiro atoms. The number of carboxylic acid groups (broad SMARTS) is 1. The first-order chi connectivity index (χ1) is 16.3. The van der Waals surface area contributed by atoms with Crippen LogP contribution in [-0.4, -0.2) is 42.3 Å². The topological polar surface area (TPSA) is 72.1 Å². The Balaban J connectivity index is 1.42. The van der Waals surface area contributed by atoms with Gasteiger partial charge in [0.05, 0.1) is 31.5 Å². The smallest absolute Gasteiger partial charge is 0.416 e. The molecule has 1 aliphatic carbocycles. The number of nitrogens with zero attached hydrogens (tertiary/aromatic N) is 1. The number of ether oxygens (including phenoxy) is 2. The second kappa shape index (κ2) is 8.96. The Morgan fingerprint density at radius 3 is 2.71 bits per heavy atom. The fraction of sp³-hybridized carbons (Fsp3) is 0.400. The molecule has 0 amide bonds. The lowest BCUT2D eigenvalue weighted by Crippen LogP contribution is -2.36. The molecule has 5 rings (SSSR count). The van der Waals surface area contributed by atoms with Crippen LogP contribution < -0.4 is 4.74 Å². The first-order valence-corrected chi connectivity index (χ1v) is 11.2. The van der Waals surface area contributed by atoms with E-state index in [9.17, 15) is 18.0 Å². The van der Waals surface area contributed by atoms with Gasteiger partial charge in [0, 0.05) is 36.7 Å². The maximum absolute atomic E-state index is 13.8. The van der Waals surface area contributed by atoms with Crippen LogP contribution in [0.15, 0.2) is 41.0 Å². The van der Waals surface area contributed by atoms with Crippen molar-refractivity contribution in [3.05, 3.63) is 64.4 Å². The molecule has 6 nitrogen and oxygen atoms in total. The van der Waals surface area contributed by atoms with E-state index in [2.05, 4.69) is 0 Å². The molecule has 0 radical (unpaired) electrons. The average molecular weight is 475 g/mol. The van der Waals surface area contributed by atoms with Crippen LogP contribution in [0, 0.1) is 0 Å². The minimum absolute atomic E-state index is 0.142. The van der Waals surface area contributed by atoms with E-state index < -0.39 is 17.7 Å². The Bertz CT molecular complexity index is 1210. The molecule has 1 fully saturated rings. The lowest BCUT2D eigenvalue weighted by atomic mass is 9.96. The third-order valence-corrected chi connectivity index (χ3v) is 6.51. The Labute approximate surface area is 193 Å². The van der Waals surface area contributed by atoms with Crippen LogP contribution in [0.5, 0.6) is 5.75 Å². The van der Waals surface area contributed by atoms with Gasteiger partial charge in [0.25, 0.3) is 0 Å². The third kappa shape index (κ3) is 4.50. The van der Waals surface area contributed by atoms with Crippen molar-refractivity contribution < 1.29 is 37.0 Å². The molecule has 1 aromatic heterocycles. The van der Waals surface area contributed by atoms with Crippen LogP contribution in [0.4, 0.5) is 13.2 Å². The molecule has 2 aliphatic rings. The summed E-state index contributed by atoms with van der Waals surface area (Å²) in [6.45, 7) is 2.48. The first-order valence-electron chi connectivity index (χ1n) is 11.2. The summed E-state index contributed by atoms with van der Waals surface area (Å²) < 4.78 is 58.5. The van der Waals surface area contributed by atoms with E-state index in [4.69, 9.17) is 19.0 Å². The molecular formula is C25H24F3NO5. The molecule has 180 valence electrons. The first kappa shape index (κ1) is 22.7. The molecule has 9 heteroatoms. The highest BCUT2D eigenvalue weighted by molar-refractivity contribution is 5.86. The van der Waals surface area contributed by atoms with Crippen molar-refractivity contribution in [3.63, 3.8) is 0 Å². The van der Waals surface area contributed by atoms with Gasteiger partial charge in [0.2, 0.25) is 0 Å². The lowest BCUT2D eigenvalue weighted by molar-refractivity contribution is -0.139. The van der Waals surface area contributed by atoms with E-state index in [1.165, 1.54) is 18.4 Å². The number of carbonyl (C=O) groups is 1. The highest BCUT2D eigenvalue weighted by atomic mass is 19.4. The van der Waals surface area contributed by atoms with Crippen molar-refractivity contribution in [2.24, 2.45) is 0 Å². The number of furan rings is 1. The van der Waals surface area contributed by atoms with Crippen LogP contribution in [-0.2, 0) is 35.1 Å². The molecule has 2 aromatic carbocycles. The highest BCUT2D eigenvalue weighted by Crippen LogP contribution is 2.43. The molecule has 2 heterocycles. The van der Waals surface area contributed by atoms with E-state index in [0.717, 1.165) is 5.56 Å². The summed E-state index contributed by atoms with van der Waals surface area (Å²) in [6, 6.07) is 7.88.